The number of benzene rings is 1. The Morgan fingerprint density at radius 1 is 1.25 bits per heavy atom. The molecule has 2 nitrogen and oxygen atoms in total. The first-order valence-corrected chi connectivity index (χ1v) is 6.54. The van der Waals surface area contributed by atoms with E-state index in [-0.39, 0.29) is 0 Å². The molecule has 2 aromatic rings. The van der Waals surface area contributed by atoms with Gasteiger partial charge in [-0.2, -0.15) is 0 Å². The molecule has 0 saturated heterocycles. The fourth-order valence-corrected chi connectivity index (χ4v) is 2.12. The van der Waals surface area contributed by atoms with Crippen LogP contribution in [-0.2, 0) is 6.54 Å². The van der Waals surface area contributed by atoms with E-state index in [0.29, 0.717) is 16.2 Å². The van der Waals surface area contributed by atoms with Crippen LogP contribution in [0.25, 0.3) is 0 Å². The fraction of sp³-hybridized carbons (Fsp3) is 0.0909. The molecule has 0 aliphatic rings. The van der Waals surface area contributed by atoms with Crippen molar-refractivity contribution in [3.8, 4) is 0 Å². The first kappa shape index (κ1) is 12.0. The minimum atomic E-state index is 0.616. The van der Waals surface area contributed by atoms with Crippen molar-refractivity contribution in [1.29, 1.82) is 0 Å². The molecule has 1 heterocycles. The molecule has 0 aliphatic heterocycles. The minimum Gasteiger partial charge on any atom is -0.451 e. The lowest BCUT2D eigenvalue weighted by Crippen LogP contribution is -1.97. The van der Waals surface area contributed by atoms with Gasteiger partial charge < -0.3 is 9.73 Å². The second-order valence-electron chi connectivity index (χ2n) is 3.20. The lowest BCUT2D eigenvalue weighted by Gasteiger charge is -2.03. The average molecular weight is 365 g/mol. The van der Waals surface area contributed by atoms with E-state index < -0.39 is 0 Å². The van der Waals surface area contributed by atoms with E-state index in [9.17, 15) is 0 Å². The lowest BCUT2D eigenvalue weighted by atomic mass is 10.3. The van der Waals surface area contributed by atoms with Gasteiger partial charge in [-0.3, -0.25) is 0 Å². The van der Waals surface area contributed by atoms with E-state index in [4.69, 9.17) is 16.0 Å². The highest BCUT2D eigenvalue weighted by Gasteiger charge is 2.05. The van der Waals surface area contributed by atoms with Crippen LogP contribution in [0, 0.1) is 0 Å². The Hall–Kier alpha value is -0.450. The first-order valence-electron chi connectivity index (χ1n) is 4.58. The monoisotopic (exact) mass is 363 g/mol. The third kappa shape index (κ3) is 3.03. The maximum atomic E-state index is 5.88. The van der Waals surface area contributed by atoms with Gasteiger partial charge in [0.25, 0.3) is 0 Å². The molecule has 0 spiro atoms. The van der Waals surface area contributed by atoms with Gasteiger partial charge in [-0.15, -0.1) is 0 Å². The molecule has 0 amide bonds. The third-order valence-corrected chi connectivity index (χ3v) is 3.93. The van der Waals surface area contributed by atoms with Gasteiger partial charge in [0.15, 0.2) is 4.67 Å². The summed E-state index contributed by atoms with van der Waals surface area (Å²) < 4.78 is 7.06. The molecule has 1 aromatic carbocycles. The maximum absolute atomic E-state index is 5.88. The van der Waals surface area contributed by atoms with Crippen molar-refractivity contribution in [2.24, 2.45) is 0 Å². The number of nitrogens with one attached hydrogen (secondary N) is 1. The smallest absolute Gasteiger partial charge is 0.183 e. The summed E-state index contributed by atoms with van der Waals surface area (Å²) >= 11 is 12.5. The van der Waals surface area contributed by atoms with Crippen molar-refractivity contribution in [2.45, 2.75) is 6.54 Å². The number of hydrogen-bond acceptors (Lipinski definition) is 2. The molecular weight excluding hydrogens is 357 g/mol. The Morgan fingerprint density at radius 3 is 2.69 bits per heavy atom. The van der Waals surface area contributed by atoms with E-state index in [1.54, 1.807) is 0 Å². The fourth-order valence-electron chi connectivity index (χ4n) is 1.27. The molecule has 0 saturated carbocycles. The molecule has 0 radical (unpaired) electrons. The molecular formula is C11H8Br2ClNO. The lowest BCUT2D eigenvalue weighted by molar-refractivity contribution is 0.494. The number of rotatable bonds is 3. The maximum Gasteiger partial charge on any atom is 0.183 e. The van der Waals surface area contributed by atoms with Crippen LogP contribution in [0.2, 0.25) is 5.02 Å². The van der Waals surface area contributed by atoms with Crippen molar-refractivity contribution >= 4 is 49.1 Å². The quantitative estimate of drug-likeness (QED) is 0.821. The molecule has 2 rings (SSSR count). The van der Waals surface area contributed by atoms with Gasteiger partial charge in [0.2, 0.25) is 0 Å². The van der Waals surface area contributed by atoms with E-state index in [2.05, 4.69) is 37.2 Å². The Morgan fingerprint density at radius 2 is 2.06 bits per heavy atom. The number of furan rings is 1. The van der Waals surface area contributed by atoms with E-state index >= 15 is 0 Å². The minimum absolute atomic E-state index is 0.616. The zero-order chi connectivity index (χ0) is 11.5. The first-order chi connectivity index (χ1) is 7.65. The summed E-state index contributed by atoms with van der Waals surface area (Å²) in [6, 6.07) is 9.49. The summed E-state index contributed by atoms with van der Waals surface area (Å²) in [5.74, 6) is 0.846. The second-order valence-corrected chi connectivity index (χ2v) is 5.21. The molecule has 1 N–H and O–H groups in total. The highest BCUT2D eigenvalue weighted by atomic mass is 79.9. The Balaban J connectivity index is 2.02. The van der Waals surface area contributed by atoms with Gasteiger partial charge >= 0.3 is 0 Å². The summed E-state index contributed by atoms with van der Waals surface area (Å²) in [5.41, 5.74) is 0.969. The number of hydrogen-bond donors (Lipinski definition) is 1. The van der Waals surface area contributed by atoms with Crippen molar-refractivity contribution < 1.29 is 4.42 Å². The van der Waals surface area contributed by atoms with Gasteiger partial charge in [-0.1, -0.05) is 17.7 Å². The standard InChI is InChI=1S/C11H8Br2ClNO/c12-10-5-9(16-11(10)13)6-15-8-3-1-2-7(14)4-8/h1-5,15H,6H2. The van der Waals surface area contributed by atoms with Crippen LogP contribution in [0.3, 0.4) is 0 Å². The van der Waals surface area contributed by atoms with Gasteiger partial charge in [0, 0.05) is 10.7 Å². The SMILES string of the molecule is Clc1cccc(NCc2cc(Br)c(Br)o2)c1. The molecule has 0 fully saturated rings. The van der Waals surface area contributed by atoms with Gasteiger partial charge in [-0.25, -0.2) is 0 Å². The second kappa shape index (κ2) is 5.25. The van der Waals surface area contributed by atoms with Crippen LogP contribution in [0.5, 0.6) is 0 Å². The van der Waals surface area contributed by atoms with Crippen LogP contribution >= 0.6 is 43.5 Å². The van der Waals surface area contributed by atoms with E-state index in [0.717, 1.165) is 15.9 Å². The van der Waals surface area contributed by atoms with Gasteiger partial charge in [0.1, 0.15) is 5.76 Å². The predicted molar refractivity (Wildman–Crippen MR) is 72.9 cm³/mol. The third-order valence-electron chi connectivity index (χ3n) is 1.99. The summed E-state index contributed by atoms with van der Waals surface area (Å²) in [4.78, 5) is 0. The average Bonchev–Trinajstić information content (AvgIpc) is 2.56. The molecule has 1 aromatic heterocycles. The number of halogens is 3. The summed E-state index contributed by atoms with van der Waals surface area (Å²) in [5, 5.41) is 3.94. The van der Waals surface area contributed by atoms with Crippen LogP contribution in [0.4, 0.5) is 5.69 Å². The topological polar surface area (TPSA) is 25.2 Å². The zero-order valence-electron chi connectivity index (χ0n) is 8.14. The summed E-state index contributed by atoms with van der Waals surface area (Å²) in [6.07, 6.45) is 0. The van der Waals surface area contributed by atoms with Crippen molar-refractivity contribution in [1.82, 2.24) is 0 Å². The predicted octanol–water partition coefficient (Wildman–Crippen LogP) is 5.07. The molecule has 0 aliphatic carbocycles. The van der Waals surface area contributed by atoms with E-state index in [1.165, 1.54) is 0 Å². The highest BCUT2D eigenvalue weighted by Crippen LogP contribution is 2.27. The van der Waals surface area contributed by atoms with Crippen LogP contribution in [0.1, 0.15) is 5.76 Å². The van der Waals surface area contributed by atoms with Crippen molar-refractivity contribution in [3.05, 3.63) is 50.3 Å². The van der Waals surface area contributed by atoms with Gasteiger partial charge in [0.05, 0.1) is 11.0 Å². The highest BCUT2D eigenvalue weighted by molar-refractivity contribution is 9.13. The molecule has 5 heteroatoms. The van der Waals surface area contributed by atoms with Crippen LogP contribution in [0.15, 0.2) is 43.9 Å². The molecule has 0 atom stereocenters. The van der Waals surface area contributed by atoms with Crippen LogP contribution in [-0.4, -0.2) is 0 Å². The van der Waals surface area contributed by atoms with Gasteiger partial charge in [-0.05, 0) is 56.1 Å². The normalized spacial score (nSPS) is 10.4. The zero-order valence-corrected chi connectivity index (χ0v) is 12.1. The largest absolute Gasteiger partial charge is 0.451 e. The summed E-state index contributed by atoms with van der Waals surface area (Å²) in [6.45, 7) is 0.616. The van der Waals surface area contributed by atoms with Crippen LogP contribution < -0.4 is 5.32 Å². The van der Waals surface area contributed by atoms with Crippen molar-refractivity contribution in [3.63, 3.8) is 0 Å². The Kier molecular flexibility index (Phi) is 3.95. The summed E-state index contributed by atoms with van der Waals surface area (Å²) in [7, 11) is 0. The molecule has 16 heavy (non-hydrogen) atoms. The molecule has 84 valence electrons. The molecule has 0 bridgehead atoms. The van der Waals surface area contributed by atoms with Crippen molar-refractivity contribution in [2.75, 3.05) is 5.32 Å². The Labute approximate surface area is 115 Å². The van der Waals surface area contributed by atoms with E-state index in [1.807, 2.05) is 30.3 Å². The molecule has 0 unspecified atom stereocenters. The Bertz CT molecular complexity index is 479. The number of anilines is 1.